The van der Waals surface area contributed by atoms with Crippen LogP contribution in [0.5, 0.6) is 11.5 Å². The molecule has 0 bridgehead atoms. The van der Waals surface area contributed by atoms with E-state index >= 15 is 0 Å². The minimum absolute atomic E-state index is 0.124. The van der Waals surface area contributed by atoms with Crippen LogP contribution in [0.15, 0.2) is 18.2 Å². The van der Waals surface area contributed by atoms with Crippen molar-refractivity contribution in [2.24, 2.45) is 11.7 Å². The number of hydrogen-bond acceptors (Lipinski definition) is 4. The number of benzene rings is 1. The van der Waals surface area contributed by atoms with Crippen molar-refractivity contribution >= 4 is 17.9 Å². The second kappa shape index (κ2) is 7.17. The Labute approximate surface area is 147 Å². The van der Waals surface area contributed by atoms with Gasteiger partial charge in [0.25, 0.3) is 0 Å². The normalized spacial score (nSPS) is 22.1. The molecule has 1 aromatic carbocycles. The highest BCUT2D eigenvalue weighted by molar-refractivity contribution is 5.93. The van der Waals surface area contributed by atoms with Gasteiger partial charge in [0.15, 0.2) is 0 Å². The molecule has 0 unspecified atom stereocenters. The number of nitrogens with two attached hydrogens (primary N) is 1. The summed E-state index contributed by atoms with van der Waals surface area (Å²) < 4.78 is 11.5. The standard InChI is InChI=1S/C19H24N2O4/c1-3-24-16-10-15-8-12(2)25-17(15)9-13(16)4-5-18(22)21-7-6-14(11-21)19(20)23/h4-5,9-10,12,14H,3,6-8,11H2,1-2H3,(H2,20,23)/b5-4-/t12-,14+/m1/s1. The summed E-state index contributed by atoms with van der Waals surface area (Å²) in [7, 11) is 0. The Kier molecular flexibility index (Phi) is 4.97. The number of likely N-dealkylation sites (tertiary alicyclic amines) is 1. The molecule has 0 aromatic heterocycles. The van der Waals surface area contributed by atoms with Crippen LogP contribution in [0.3, 0.4) is 0 Å². The van der Waals surface area contributed by atoms with Crippen molar-refractivity contribution in [3.63, 3.8) is 0 Å². The molecule has 0 saturated carbocycles. The predicted octanol–water partition coefficient (Wildman–Crippen LogP) is 1.76. The van der Waals surface area contributed by atoms with Crippen molar-refractivity contribution < 1.29 is 19.1 Å². The van der Waals surface area contributed by atoms with Crippen LogP contribution in [0, 0.1) is 5.92 Å². The highest BCUT2D eigenvalue weighted by atomic mass is 16.5. The van der Waals surface area contributed by atoms with Crippen molar-refractivity contribution in [3.05, 3.63) is 29.3 Å². The van der Waals surface area contributed by atoms with Gasteiger partial charge in [0.2, 0.25) is 11.8 Å². The molecule has 6 heteroatoms. The summed E-state index contributed by atoms with van der Waals surface area (Å²) >= 11 is 0. The molecule has 2 atom stereocenters. The average Bonchev–Trinajstić information content (AvgIpc) is 3.18. The number of carbonyl (C=O) groups is 2. The zero-order chi connectivity index (χ0) is 18.0. The second-order valence-corrected chi connectivity index (χ2v) is 6.57. The maximum absolute atomic E-state index is 12.4. The van der Waals surface area contributed by atoms with Crippen molar-refractivity contribution in [2.75, 3.05) is 19.7 Å². The minimum Gasteiger partial charge on any atom is -0.493 e. The van der Waals surface area contributed by atoms with Gasteiger partial charge in [-0.1, -0.05) is 0 Å². The fraction of sp³-hybridized carbons (Fsp3) is 0.474. The lowest BCUT2D eigenvalue weighted by Crippen LogP contribution is -2.30. The second-order valence-electron chi connectivity index (χ2n) is 6.57. The number of nitrogens with zero attached hydrogens (tertiary/aromatic N) is 1. The van der Waals surface area contributed by atoms with Gasteiger partial charge in [-0.2, -0.15) is 0 Å². The molecule has 1 fully saturated rings. The minimum atomic E-state index is -0.345. The molecule has 134 valence electrons. The fourth-order valence-electron chi connectivity index (χ4n) is 3.33. The van der Waals surface area contributed by atoms with Crippen molar-refractivity contribution in [2.45, 2.75) is 32.8 Å². The first kappa shape index (κ1) is 17.3. The Morgan fingerprint density at radius 2 is 2.24 bits per heavy atom. The molecule has 3 rings (SSSR count). The van der Waals surface area contributed by atoms with Gasteiger partial charge < -0.3 is 20.1 Å². The lowest BCUT2D eigenvalue weighted by Gasteiger charge is -2.14. The van der Waals surface area contributed by atoms with Crippen molar-refractivity contribution in [1.82, 2.24) is 4.90 Å². The van der Waals surface area contributed by atoms with Crippen LogP contribution < -0.4 is 15.2 Å². The van der Waals surface area contributed by atoms with E-state index in [4.69, 9.17) is 15.2 Å². The van der Waals surface area contributed by atoms with Gasteiger partial charge in [-0.15, -0.1) is 0 Å². The van der Waals surface area contributed by atoms with Crippen LogP contribution in [0.4, 0.5) is 0 Å². The van der Waals surface area contributed by atoms with E-state index in [0.29, 0.717) is 26.1 Å². The van der Waals surface area contributed by atoms with Crippen LogP contribution in [-0.4, -0.2) is 42.5 Å². The van der Waals surface area contributed by atoms with E-state index in [0.717, 1.165) is 29.0 Å². The summed E-state index contributed by atoms with van der Waals surface area (Å²) in [4.78, 5) is 25.2. The highest BCUT2D eigenvalue weighted by Crippen LogP contribution is 2.35. The Hall–Kier alpha value is -2.50. The lowest BCUT2D eigenvalue weighted by molar-refractivity contribution is -0.125. The Morgan fingerprint density at radius 1 is 1.44 bits per heavy atom. The topological polar surface area (TPSA) is 81.9 Å². The molecule has 1 saturated heterocycles. The molecule has 0 aliphatic carbocycles. The quantitative estimate of drug-likeness (QED) is 0.825. The van der Waals surface area contributed by atoms with E-state index in [-0.39, 0.29) is 23.8 Å². The molecule has 6 nitrogen and oxygen atoms in total. The molecule has 1 aromatic rings. The molecule has 0 spiro atoms. The van der Waals surface area contributed by atoms with Gasteiger partial charge in [-0.25, -0.2) is 0 Å². The zero-order valence-electron chi connectivity index (χ0n) is 14.7. The van der Waals surface area contributed by atoms with Crippen LogP contribution in [0.2, 0.25) is 0 Å². The summed E-state index contributed by atoms with van der Waals surface area (Å²) in [6, 6.07) is 3.91. The summed E-state index contributed by atoms with van der Waals surface area (Å²) in [6.07, 6.45) is 4.91. The third-order valence-electron chi connectivity index (χ3n) is 4.64. The highest BCUT2D eigenvalue weighted by Gasteiger charge is 2.28. The SMILES string of the molecule is CCOc1cc2c(cc1/C=C\C(=O)N1CC[C@H](C(N)=O)C1)O[C@H](C)C2. The Balaban J connectivity index is 1.75. The smallest absolute Gasteiger partial charge is 0.246 e. The largest absolute Gasteiger partial charge is 0.493 e. The summed E-state index contributed by atoms with van der Waals surface area (Å²) in [5.74, 6) is 0.882. The molecular weight excluding hydrogens is 320 g/mol. The molecule has 2 heterocycles. The van der Waals surface area contributed by atoms with Crippen LogP contribution in [0.25, 0.3) is 6.08 Å². The fourth-order valence-corrected chi connectivity index (χ4v) is 3.33. The first-order valence-electron chi connectivity index (χ1n) is 8.70. The van der Waals surface area contributed by atoms with Crippen LogP contribution in [-0.2, 0) is 16.0 Å². The van der Waals surface area contributed by atoms with E-state index in [1.165, 1.54) is 6.08 Å². The molecule has 0 radical (unpaired) electrons. The van der Waals surface area contributed by atoms with E-state index in [1.54, 1.807) is 11.0 Å². The maximum Gasteiger partial charge on any atom is 0.246 e. The Bertz CT molecular complexity index is 714. The third kappa shape index (κ3) is 3.78. The molecule has 2 N–H and O–H groups in total. The predicted molar refractivity (Wildman–Crippen MR) is 94.3 cm³/mol. The first-order chi connectivity index (χ1) is 12.0. The van der Waals surface area contributed by atoms with Gasteiger partial charge in [0, 0.05) is 36.7 Å². The molecule has 2 amide bonds. The third-order valence-corrected chi connectivity index (χ3v) is 4.64. The van der Waals surface area contributed by atoms with E-state index in [1.807, 2.05) is 26.0 Å². The zero-order valence-corrected chi connectivity index (χ0v) is 14.7. The van der Waals surface area contributed by atoms with Crippen molar-refractivity contribution in [3.8, 4) is 11.5 Å². The van der Waals surface area contributed by atoms with Gasteiger partial charge in [-0.3, -0.25) is 9.59 Å². The van der Waals surface area contributed by atoms with Gasteiger partial charge in [0.1, 0.15) is 17.6 Å². The number of ether oxygens (including phenoxy) is 2. The number of primary amides is 1. The first-order valence-corrected chi connectivity index (χ1v) is 8.70. The van der Waals surface area contributed by atoms with E-state index < -0.39 is 0 Å². The van der Waals surface area contributed by atoms with Crippen LogP contribution >= 0.6 is 0 Å². The lowest BCUT2D eigenvalue weighted by atomic mass is 10.1. The van der Waals surface area contributed by atoms with Crippen molar-refractivity contribution in [1.29, 1.82) is 0 Å². The number of rotatable bonds is 5. The van der Waals surface area contributed by atoms with Gasteiger partial charge in [-0.05, 0) is 38.5 Å². The molecular formula is C19H24N2O4. The molecule has 2 aliphatic heterocycles. The average molecular weight is 344 g/mol. The number of carbonyl (C=O) groups excluding carboxylic acids is 2. The monoisotopic (exact) mass is 344 g/mol. The van der Waals surface area contributed by atoms with E-state index in [2.05, 4.69) is 0 Å². The summed E-state index contributed by atoms with van der Waals surface area (Å²) in [6.45, 7) is 5.46. The van der Waals surface area contributed by atoms with E-state index in [9.17, 15) is 9.59 Å². The molecule has 25 heavy (non-hydrogen) atoms. The number of fused-ring (bicyclic) bond motifs is 1. The maximum atomic E-state index is 12.4. The summed E-state index contributed by atoms with van der Waals surface area (Å²) in [5.41, 5.74) is 7.26. The number of hydrogen-bond donors (Lipinski definition) is 1. The van der Waals surface area contributed by atoms with Gasteiger partial charge in [0.05, 0.1) is 12.5 Å². The number of amides is 2. The summed E-state index contributed by atoms with van der Waals surface area (Å²) in [5, 5.41) is 0. The van der Waals surface area contributed by atoms with Crippen LogP contribution in [0.1, 0.15) is 31.4 Å². The Morgan fingerprint density at radius 3 is 2.92 bits per heavy atom. The van der Waals surface area contributed by atoms with Gasteiger partial charge >= 0.3 is 0 Å². The molecule has 2 aliphatic rings.